The molecule has 0 fully saturated rings. The summed E-state index contributed by atoms with van der Waals surface area (Å²) in [7, 11) is 0. The van der Waals surface area contributed by atoms with E-state index in [2.05, 4.69) is 28.2 Å². The average Bonchev–Trinajstić information content (AvgIpc) is 2.48. The first kappa shape index (κ1) is 19.7. The lowest BCUT2D eigenvalue weighted by molar-refractivity contribution is 1.04. The lowest BCUT2D eigenvalue weighted by Gasteiger charge is -2.11. The van der Waals surface area contributed by atoms with Gasteiger partial charge in [-0.15, -0.1) is 35.0 Å². The molecule has 7 heteroatoms. The predicted molar refractivity (Wildman–Crippen MR) is 104 cm³/mol. The molecule has 0 bridgehead atoms. The van der Waals surface area contributed by atoms with E-state index in [1.54, 1.807) is 0 Å². The molecule has 0 aliphatic rings. The van der Waals surface area contributed by atoms with Gasteiger partial charge in [0.2, 0.25) is 0 Å². The fraction of sp³-hybridized carbons (Fsp3) is 0.118. The molecule has 4 N–H and O–H groups in total. The topological polar surface area (TPSA) is 90.2 Å². The lowest BCUT2D eigenvalue weighted by Crippen LogP contribution is -2.22. The average molecular weight is 364 g/mol. The van der Waals surface area contributed by atoms with Gasteiger partial charge in [0.05, 0.1) is 0 Å². The number of benzene rings is 2. The quantitative estimate of drug-likeness (QED) is 0.536. The molecule has 0 aliphatic heterocycles. The Morgan fingerprint density at radius 3 is 2.21 bits per heavy atom. The highest BCUT2D eigenvalue weighted by atomic mass is 35.5. The molecule has 1 heterocycles. The smallest absolute Gasteiger partial charge is 0.192 e. The molecule has 0 radical (unpaired) electrons. The Labute approximate surface area is 153 Å². The van der Waals surface area contributed by atoms with Crippen LogP contribution >= 0.6 is 24.8 Å². The van der Waals surface area contributed by atoms with E-state index in [1.807, 2.05) is 43.3 Å². The molecule has 0 saturated carbocycles. The number of nitrogens with two attached hydrogens (primary N) is 2. The van der Waals surface area contributed by atoms with Gasteiger partial charge >= 0.3 is 0 Å². The Kier molecular flexibility index (Phi) is 6.51. The van der Waals surface area contributed by atoms with Crippen LogP contribution in [-0.4, -0.2) is 16.2 Å². The molecule has 0 unspecified atom stereocenters. The maximum atomic E-state index is 5.50. The fourth-order valence-corrected chi connectivity index (χ4v) is 2.60. The first-order valence-electron chi connectivity index (χ1n) is 6.99. The second-order valence-corrected chi connectivity index (χ2v) is 5.22. The molecule has 3 aromatic rings. The van der Waals surface area contributed by atoms with Crippen molar-refractivity contribution in [1.29, 1.82) is 0 Å². The molecular formula is C17H19Cl2N5. The number of aliphatic imine (C=N–C) groups is 1. The van der Waals surface area contributed by atoms with Gasteiger partial charge in [-0.25, -0.2) is 0 Å². The number of hydrogen-bond acceptors (Lipinski definition) is 3. The molecule has 126 valence electrons. The Bertz CT molecular complexity index is 889. The number of rotatable bonds is 2. The maximum Gasteiger partial charge on any atom is 0.192 e. The van der Waals surface area contributed by atoms with Gasteiger partial charge in [0.25, 0.3) is 0 Å². The Balaban J connectivity index is 0.00000144. The van der Waals surface area contributed by atoms with Crippen LogP contribution in [0.25, 0.3) is 22.0 Å². The SMILES string of the molecule is Cc1ccccc1-c1nnc(N=C(N)N)c2c(C)cccc12.Cl.Cl. The van der Waals surface area contributed by atoms with E-state index in [-0.39, 0.29) is 30.8 Å². The van der Waals surface area contributed by atoms with Gasteiger partial charge in [-0.1, -0.05) is 42.5 Å². The first-order valence-corrected chi connectivity index (χ1v) is 6.99. The third kappa shape index (κ3) is 3.58. The minimum Gasteiger partial charge on any atom is -0.370 e. The molecule has 0 atom stereocenters. The van der Waals surface area contributed by atoms with Crippen molar-refractivity contribution in [3.8, 4) is 11.3 Å². The van der Waals surface area contributed by atoms with Gasteiger partial charge in [0.15, 0.2) is 11.8 Å². The van der Waals surface area contributed by atoms with Crippen LogP contribution in [0.5, 0.6) is 0 Å². The summed E-state index contributed by atoms with van der Waals surface area (Å²) in [5.41, 5.74) is 15.1. The van der Waals surface area contributed by atoms with Crippen LogP contribution in [-0.2, 0) is 0 Å². The van der Waals surface area contributed by atoms with Crippen molar-refractivity contribution in [2.45, 2.75) is 13.8 Å². The molecule has 2 aromatic carbocycles. The van der Waals surface area contributed by atoms with Crippen LogP contribution in [0.3, 0.4) is 0 Å². The van der Waals surface area contributed by atoms with Crippen LogP contribution in [0.15, 0.2) is 47.5 Å². The van der Waals surface area contributed by atoms with Gasteiger partial charge in [0, 0.05) is 16.3 Å². The molecule has 0 spiro atoms. The highest BCUT2D eigenvalue weighted by Crippen LogP contribution is 2.34. The van der Waals surface area contributed by atoms with Crippen molar-refractivity contribution in [2.75, 3.05) is 0 Å². The third-order valence-electron chi connectivity index (χ3n) is 3.63. The van der Waals surface area contributed by atoms with E-state index in [1.165, 1.54) is 0 Å². The van der Waals surface area contributed by atoms with Crippen LogP contribution in [0.2, 0.25) is 0 Å². The van der Waals surface area contributed by atoms with Crippen molar-refractivity contribution in [2.24, 2.45) is 16.5 Å². The van der Waals surface area contributed by atoms with Crippen molar-refractivity contribution >= 4 is 47.4 Å². The molecular weight excluding hydrogens is 345 g/mol. The number of aryl methyl sites for hydroxylation is 2. The summed E-state index contributed by atoms with van der Waals surface area (Å²) in [6, 6.07) is 14.1. The summed E-state index contributed by atoms with van der Waals surface area (Å²) in [5.74, 6) is 0.424. The summed E-state index contributed by atoms with van der Waals surface area (Å²) in [6.07, 6.45) is 0. The molecule has 0 saturated heterocycles. The van der Waals surface area contributed by atoms with Crippen LogP contribution < -0.4 is 11.5 Å². The number of aromatic nitrogens is 2. The number of halogens is 2. The molecule has 0 aliphatic carbocycles. The van der Waals surface area contributed by atoms with Gasteiger partial charge in [0.1, 0.15) is 5.69 Å². The second-order valence-electron chi connectivity index (χ2n) is 5.22. The zero-order valence-corrected chi connectivity index (χ0v) is 15.0. The van der Waals surface area contributed by atoms with Gasteiger partial charge < -0.3 is 11.5 Å². The predicted octanol–water partition coefficient (Wildman–Crippen LogP) is 3.66. The zero-order chi connectivity index (χ0) is 15.7. The molecule has 3 rings (SSSR count). The monoisotopic (exact) mass is 363 g/mol. The van der Waals surface area contributed by atoms with E-state index in [9.17, 15) is 0 Å². The zero-order valence-electron chi connectivity index (χ0n) is 13.4. The van der Waals surface area contributed by atoms with Crippen molar-refractivity contribution in [3.63, 3.8) is 0 Å². The van der Waals surface area contributed by atoms with Crippen LogP contribution in [0.4, 0.5) is 5.82 Å². The molecule has 0 amide bonds. The van der Waals surface area contributed by atoms with Gasteiger partial charge in [-0.3, -0.25) is 0 Å². The van der Waals surface area contributed by atoms with Crippen molar-refractivity contribution in [1.82, 2.24) is 10.2 Å². The minimum absolute atomic E-state index is 0. The first-order chi connectivity index (χ1) is 10.6. The van der Waals surface area contributed by atoms with Gasteiger partial charge in [-0.2, -0.15) is 4.99 Å². The molecule has 5 nitrogen and oxygen atoms in total. The largest absolute Gasteiger partial charge is 0.370 e. The van der Waals surface area contributed by atoms with E-state index in [4.69, 9.17) is 11.5 Å². The summed E-state index contributed by atoms with van der Waals surface area (Å²) in [5, 5.41) is 10.5. The fourth-order valence-electron chi connectivity index (χ4n) is 2.60. The Hall–Kier alpha value is -2.37. The van der Waals surface area contributed by atoms with Crippen molar-refractivity contribution in [3.05, 3.63) is 53.6 Å². The number of guanidine groups is 1. The number of fused-ring (bicyclic) bond motifs is 1. The third-order valence-corrected chi connectivity index (χ3v) is 3.63. The van der Waals surface area contributed by atoms with Crippen molar-refractivity contribution < 1.29 is 0 Å². The van der Waals surface area contributed by atoms with E-state index in [0.717, 1.165) is 33.2 Å². The van der Waals surface area contributed by atoms with E-state index in [0.29, 0.717) is 5.82 Å². The number of nitrogens with zero attached hydrogens (tertiary/aromatic N) is 3. The minimum atomic E-state index is -0.0255. The highest BCUT2D eigenvalue weighted by molar-refractivity contribution is 6.02. The standard InChI is InChI=1S/C17H17N5.2ClH/c1-10-6-3-4-8-12(10)15-13-9-5-7-11(2)14(13)16(22-21-15)20-17(18)19;;/h3-9H,1-2H3,(H4,18,19,20,22);2*1H. The number of hydrogen-bond donors (Lipinski definition) is 2. The maximum absolute atomic E-state index is 5.50. The normalized spacial score (nSPS) is 9.75. The van der Waals surface area contributed by atoms with Crippen LogP contribution in [0.1, 0.15) is 11.1 Å². The van der Waals surface area contributed by atoms with Crippen LogP contribution in [0, 0.1) is 13.8 Å². The molecule has 1 aromatic heterocycles. The summed E-state index contributed by atoms with van der Waals surface area (Å²) < 4.78 is 0. The van der Waals surface area contributed by atoms with E-state index >= 15 is 0 Å². The summed E-state index contributed by atoms with van der Waals surface area (Å²) in [6.45, 7) is 4.07. The highest BCUT2D eigenvalue weighted by Gasteiger charge is 2.13. The second kappa shape index (κ2) is 7.95. The summed E-state index contributed by atoms with van der Waals surface area (Å²) in [4.78, 5) is 4.10. The lowest BCUT2D eigenvalue weighted by atomic mass is 9.99. The Morgan fingerprint density at radius 1 is 0.875 bits per heavy atom. The van der Waals surface area contributed by atoms with E-state index < -0.39 is 0 Å². The molecule has 24 heavy (non-hydrogen) atoms. The summed E-state index contributed by atoms with van der Waals surface area (Å²) >= 11 is 0. The van der Waals surface area contributed by atoms with Gasteiger partial charge in [-0.05, 0) is 25.0 Å². The Morgan fingerprint density at radius 2 is 1.54 bits per heavy atom.